The third-order valence-corrected chi connectivity index (χ3v) is 7.93. The van der Waals surface area contributed by atoms with Gasteiger partial charge in [-0.3, -0.25) is 14.2 Å². The third-order valence-electron chi connectivity index (χ3n) is 5.36. The van der Waals surface area contributed by atoms with Gasteiger partial charge in [0.05, 0.1) is 23.2 Å². The van der Waals surface area contributed by atoms with E-state index in [-0.39, 0.29) is 41.6 Å². The summed E-state index contributed by atoms with van der Waals surface area (Å²) in [5, 5.41) is 2.32. The number of hydrogen-bond donors (Lipinski definition) is 0. The van der Waals surface area contributed by atoms with E-state index in [0.717, 1.165) is 25.7 Å². The molecular formula is C17H21N3O4S2. The molecule has 2 aliphatic rings. The first-order valence-electron chi connectivity index (χ1n) is 8.89. The maximum absolute atomic E-state index is 13.1. The fraction of sp³-hybridized carbons (Fsp3) is 0.588. The summed E-state index contributed by atoms with van der Waals surface area (Å²) >= 11 is 1.39. The van der Waals surface area contributed by atoms with Crippen molar-refractivity contribution in [3.8, 4) is 0 Å². The van der Waals surface area contributed by atoms with Crippen LogP contribution >= 0.6 is 11.3 Å². The van der Waals surface area contributed by atoms with Gasteiger partial charge < -0.3 is 4.90 Å². The maximum atomic E-state index is 13.1. The molecule has 0 spiro atoms. The zero-order chi connectivity index (χ0) is 18.3. The van der Waals surface area contributed by atoms with Crippen LogP contribution < -0.4 is 5.56 Å². The smallest absolute Gasteiger partial charge is 0.262 e. The van der Waals surface area contributed by atoms with E-state index in [1.165, 1.54) is 22.2 Å². The Bertz CT molecular complexity index is 989. The van der Waals surface area contributed by atoms with Crippen molar-refractivity contribution in [2.75, 3.05) is 11.5 Å². The van der Waals surface area contributed by atoms with Gasteiger partial charge in [0.25, 0.3) is 5.56 Å². The topological polar surface area (TPSA) is 89.3 Å². The minimum atomic E-state index is -3.08. The molecule has 26 heavy (non-hydrogen) atoms. The Hall–Kier alpha value is -1.74. The summed E-state index contributed by atoms with van der Waals surface area (Å²) in [6, 6.07) is 1.52. The Morgan fingerprint density at radius 1 is 1.27 bits per heavy atom. The molecule has 0 unspecified atom stereocenters. The summed E-state index contributed by atoms with van der Waals surface area (Å²) in [7, 11) is -3.08. The fourth-order valence-electron chi connectivity index (χ4n) is 4.12. The van der Waals surface area contributed by atoms with Crippen molar-refractivity contribution in [2.24, 2.45) is 0 Å². The van der Waals surface area contributed by atoms with E-state index in [4.69, 9.17) is 0 Å². The first-order valence-corrected chi connectivity index (χ1v) is 11.6. The molecule has 2 aromatic heterocycles. The molecule has 1 aliphatic carbocycles. The van der Waals surface area contributed by atoms with Crippen molar-refractivity contribution < 1.29 is 13.2 Å². The molecular weight excluding hydrogens is 374 g/mol. The number of rotatable bonds is 4. The lowest BCUT2D eigenvalue weighted by Gasteiger charge is -2.34. The first-order chi connectivity index (χ1) is 12.4. The van der Waals surface area contributed by atoms with Crippen LogP contribution in [0, 0.1) is 0 Å². The number of thiophene rings is 1. The molecule has 1 saturated heterocycles. The predicted molar refractivity (Wildman–Crippen MR) is 100 cm³/mol. The molecule has 0 N–H and O–H groups in total. The van der Waals surface area contributed by atoms with Crippen LogP contribution in [0.5, 0.6) is 0 Å². The number of carbonyl (C=O) groups is 1. The molecule has 2 aromatic rings. The van der Waals surface area contributed by atoms with Crippen molar-refractivity contribution in [3.05, 3.63) is 28.1 Å². The van der Waals surface area contributed by atoms with Gasteiger partial charge in [0.15, 0.2) is 9.84 Å². The van der Waals surface area contributed by atoms with Crippen LogP contribution in [0.2, 0.25) is 0 Å². The monoisotopic (exact) mass is 395 g/mol. The van der Waals surface area contributed by atoms with E-state index < -0.39 is 9.84 Å². The summed E-state index contributed by atoms with van der Waals surface area (Å²) in [5.41, 5.74) is -0.227. The lowest BCUT2D eigenvalue weighted by Crippen LogP contribution is -2.48. The van der Waals surface area contributed by atoms with E-state index in [0.29, 0.717) is 16.6 Å². The molecule has 7 nitrogen and oxygen atoms in total. The zero-order valence-electron chi connectivity index (χ0n) is 14.3. The second kappa shape index (κ2) is 6.77. The van der Waals surface area contributed by atoms with E-state index in [1.807, 2.05) is 0 Å². The molecule has 9 heteroatoms. The minimum absolute atomic E-state index is 0.0337. The van der Waals surface area contributed by atoms with Crippen molar-refractivity contribution in [2.45, 2.75) is 50.7 Å². The van der Waals surface area contributed by atoms with Crippen LogP contribution in [0.1, 0.15) is 32.1 Å². The van der Waals surface area contributed by atoms with E-state index >= 15 is 0 Å². The highest BCUT2D eigenvalue weighted by molar-refractivity contribution is 7.91. The lowest BCUT2D eigenvalue weighted by atomic mass is 10.1. The maximum Gasteiger partial charge on any atom is 0.262 e. The fourth-order valence-corrected chi connectivity index (χ4v) is 6.55. The first kappa shape index (κ1) is 17.7. The second-order valence-corrected chi connectivity index (χ2v) is 10.2. The van der Waals surface area contributed by atoms with Gasteiger partial charge in [-0.2, -0.15) is 0 Å². The van der Waals surface area contributed by atoms with Gasteiger partial charge in [-0.05, 0) is 30.7 Å². The van der Waals surface area contributed by atoms with Gasteiger partial charge in [0.1, 0.15) is 11.4 Å². The highest BCUT2D eigenvalue weighted by atomic mass is 32.2. The molecule has 1 amide bonds. The zero-order valence-corrected chi connectivity index (χ0v) is 16.0. The number of sulfone groups is 1. The summed E-state index contributed by atoms with van der Waals surface area (Å²) in [6.45, 7) is -0.0926. The molecule has 1 atom stereocenters. The van der Waals surface area contributed by atoms with Crippen molar-refractivity contribution >= 4 is 37.3 Å². The normalized spacial score (nSPS) is 22.8. The Morgan fingerprint density at radius 3 is 2.73 bits per heavy atom. The summed E-state index contributed by atoms with van der Waals surface area (Å²) in [4.78, 5) is 32.3. The molecule has 0 radical (unpaired) electrons. The standard InChI is InChI=1S/C17H21N3O4S2/c21-15(9-19-11-18-16-14(17(19)22)5-7-25-16)20(12-3-1-2-4-12)13-6-8-26(23,24)10-13/h5,7,11-13H,1-4,6,8-10H2/t13-/m1/s1. The Balaban J connectivity index is 1.61. The predicted octanol–water partition coefficient (Wildman–Crippen LogP) is 1.42. The molecule has 0 bridgehead atoms. The number of nitrogens with zero attached hydrogens (tertiary/aromatic N) is 3. The van der Waals surface area contributed by atoms with Crippen LogP contribution in [0.4, 0.5) is 0 Å². The van der Waals surface area contributed by atoms with Crippen molar-refractivity contribution in [3.63, 3.8) is 0 Å². The lowest BCUT2D eigenvalue weighted by molar-refractivity contribution is -0.136. The largest absolute Gasteiger partial charge is 0.334 e. The highest BCUT2D eigenvalue weighted by Gasteiger charge is 2.39. The van der Waals surface area contributed by atoms with Crippen LogP contribution in [-0.2, 0) is 21.2 Å². The third kappa shape index (κ3) is 3.29. The number of carbonyl (C=O) groups excluding carboxylic acids is 1. The molecule has 4 rings (SSSR count). The SMILES string of the molecule is O=C(Cn1cnc2sccc2c1=O)N(C1CCCC1)[C@@H]1CCS(=O)(=O)C1. The average molecular weight is 396 g/mol. The van der Waals surface area contributed by atoms with Crippen LogP contribution in [0.3, 0.4) is 0 Å². The number of fused-ring (bicyclic) bond motifs is 1. The molecule has 1 aliphatic heterocycles. The summed E-state index contributed by atoms with van der Waals surface area (Å²) in [6.07, 6.45) is 5.81. The number of hydrogen-bond acceptors (Lipinski definition) is 6. The molecule has 2 fully saturated rings. The van der Waals surface area contributed by atoms with Crippen molar-refractivity contribution in [1.82, 2.24) is 14.5 Å². The molecule has 3 heterocycles. The summed E-state index contributed by atoms with van der Waals surface area (Å²) < 4.78 is 25.2. The number of aromatic nitrogens is 2. The quantitative estimate of drug-likeness (QED) is 0.781. The van der Waals surface area contributed by atoms with Crippen molar-refractivity contribution in [1.29, 1.82) is 0 Å². The minimum Gasteiger partial charge on any atom is -0.334 e. The van der Waals surface area contributed by atoms with Gasteiger partial charge in [0, 0.05) is 12.1 Å². The van der Waals surface area contributed by atoms with Gasteiger partial charge in [0.2, 0.25) is 5.91 Å². The highest BCUT2D eigenvalue weighted by Crippen LogP contribution is 2.29. The van der Waals surface area contributed by atoms with Gasteiger partial charge in [-0.25, -0.2) is 13.4 Å². The molecule has 0 aromatic carbocycles. The second-order valence-electron chi connectivity index (χ2n) is 7.11. The van der Waals surface area contributed by atoms with E-state index in [9.17, 15) is 18.0 Å². The summed E-state index contributed by atoms with van der Waals surface area (Å²) in [5.74, 6) is -0.0138. The van der Waals surface area contributed by atoms with Gasteiger partial charge in [-0.15, -0.1) is 11.3 Å². The average Bonchev–Trinajstić information content (AvgIpc) is 3.32. The van der Waals surface area contributed by atoms with E-state index in [1.54, 1.807) is 16.3 Å². The number of amides is 1. The van der Waals surface area contributed by atoms with Gasteiger partial charge >= 0.3 is 0 Å². The Kier molecular flexibility index (Phi) is 4.60. The molecule has 1 saturated carbocycles. The van der Waals surface area contributed by atoms with Crippen LogP contribution in [-0.4, -0.2) is 52.4 Å². The molecule has 140 valence electrons. The van der Waals surface area contributed by atoms with Gasteiger partial charge in [-0.1, -0.05) is 12.8 Å². The van der Waals surface area contributed by atoms with E-state index in [2.05, 4.69) is 4.98 Å². The Labute approximate surface area is 155 Å². The Morgan fingerprint density at radius 2 is 2.04 bits per heavy atom. The van der Waals surface area contributed by atoms with Crippen LogP contribution in [0.25, 0.3) is 10.2 Å². The van der Waals surface area contributed by atoms with Crippen LogP contribution in [0.15, 0.2) is 22.6 Å².